The molecule has 0 aliphatic carbocycles. The summed E-state index contributed by atoms with van der Waals surface area (Å²) >= 11 is 5.46. The van der Waals surface area contributed by atoms with Crippen LogP contribution in [0.1, 0.15) is 25.5 Å². The van der Waals surface area contributed by atoms with Crippen LogP contribution < -0.4 is 15.4 Å². The maximum atomic E-state index is 13.8. The van der Waals surface area contributed by atoms with Gasteiger partial charge in [-0.15, -0.1) is 0 Å². The number of halogens is 1. The van der Waals surface area contributed by atoms with Crippen LogP contribution in [-0.4, -0.2) is 29.6 Å². The maximum Gasteiger partial charge on any atom is 0.255 e. The van der Waals surface area contributed by atoms with Gasteiger partial charge in [0, 0.05) is 12.2 Å². The number of anilines is 1. The first kappa shape index (κ1) is 19.8. The van der Waals surface area contributed by atoms with E-state index >= 15 is 0 Å². The Labute approximate surface area is 169 Å². The summed E-state index contributed by atoms with van der Waals surface area (Å²) in [6, 6.07) is 12.8. The van der Waals surface area contributed by atoms with Gasteiger partial charge in [0.15, 0.2) is 5.11 Å². The fourth-order valence-corrected chi connectivity index (χ4v) is 3.71. The van der Waals surface area contributed by atoms with Crippen molar-refractivity contribution in [2.24, 2.45) is 0 Å². The molecule has 0 fully saturated rings. The molecule has 0 aromatic heterocycles. The van der Waals surface area contributed by atoms with Crippen molar-refractivity contribution in [3.63, 3.8) is 0 Å². The van der Waals surface area contributed by atoms with E-state index in [4.69, 9.17) is 17.0 Å². The molecule has 1 atom stereocenters. The molecule has 0 unspecified atom stereocenters. The molecule has 0 saturated carbocycles. The maximum absolute atomic E-state index is 13.8. The molecular formula is C21H22FN3O2S. The van der Waals surface area contributed by atoms with Gasteiger partial charge in [0.05, 0.1) is 24.4 Å². The Hall–Kier alpha value is -2.93. The third kappa shape index (κ3) is 3.84. The molecule has 0 spiro atoms. The number of amides is 1. The number of hydrogen-bond acceptors (Lipinski definition) is 3. The summed E-state index contributed by atoms with van der Waals surface area (Å²) in [7, 11) is 1.55. The topological polar surface area (TPSA) is 53.6 Å². The summed E-state index contributed by atoms with van der Waals surface area (Å²) in [5.74, 6) is -0.113. The molecule has 0 saturated heterocycles. The van der Waals surface area contributed by atoms with Crippen LogP contribution in [-0.2, 0) is 4.79 Å². The number of carbonyl (C=O) groups excluding carboxylic acids is 1. The van der Waals surface area contributed by atoms with E-state index in [1.165, 1.54) is 12.1 Å². The molecule has 0 bridgehead atoms. The minimum Gasteiger partial charge on any atom is -0.495 e. The highest BCUT2D eigenvalue weighted by Crippen LogP contribution is 2.32. The minimum atomic E-state index is -0.555. The second-order valence-corrected chi connectivity index (χ2v) is 6.72. The SMILES string of the molecule is CCN1C(=S)N[C@@H](c2cccc(F)c2)C(C(=O)Nc2ccccc2OC)=C1C. The van der Waals surface area contributed by atoms with Crippen LogP contribution >= 0.6 is 12.2 Å². The Kier molecular flexibility index (Phi) is 5.94. The van der Waals surface area contributed by atoms with Gasteiger partial charge in [-0.1, -0.05) is 24.3 Å². The standard InChI is InChI=1S/C21H22FN3O2S/c1-4-25-13(2)18(20(26)23-16-10-5-6-11-17(16)27-3)19(24-21(25)28)14-8-7-9-15(22)12-14/h5-12,19H,4H2,1-3H3,(H,23,26)(H,24,28)/t19-/m0/s1. The van der Waals surface area contributed by atoms with Crippen LogP contribution in [0.4, 0.5) is 10.1 Å². The molecule has 7 heteroatoms. The number of rotatable bonds is 5. The van der Waals surface area contributed by atoms with E-state index in [1.807, 2.05) is 30.9 Å². The van der Waals surface area contributed by atoms with Gasteiger partial charge in [-0.25, -0.2) is 4.39 Å². The molecule has 1 aliphatic rings. The van der Waals surface area contributed by atoms with E-state index < -0.39 is 6.04 Å². The third-order valence-corrected chi connectivity index (χ3v) is 5.03. The third-order valence-electron chi connectivity index (χ3n) is 4.69. The fraction of sp³-hybridized carbons (Fsp3) is 0.238. The van der Waals surface area contributed by atoms with E-state index in [0.29, 0.717) is 34.2 Å². The lowest BCUT2D eigenvalue weighted by Crippen LogP contribution is -2.48. The summed E-state index contributed by atoms with van der Waals surface area (Å²) in [5, 5.41) is 6.59. The zero-order valence-corrected chi connectivity index (χ0v) is 16.8. The Morgan fingerprint density at radius 3 is 2.71 bits per heavy atom. The predicted molar refractivity (Wildman–Crippen MR) is 112 cm³/mol. The average Bonchev–Trinajstić information content (AvgIpc) is 2.68. The first-order chi connectivity index (χ1) is 13.5. The largest absolute Gasteiger partial charge is 0.495 e. The summed E-state index contributed by atoms with van der Waals surface area (Å²) in [6.07, 6.45) is 0. The van der Waals surface area contributed by atoms with Gasteiger partial charge in [-0.3, -0.25) is 4.79 Å². The smallest absolute Gasteiger partial charge is 0.255 e. The molecule has 146 valence electrons. The van der Waals surface area contributed by atoms with Crippen molar-refractivity contribution in [2.45, 2.75) is 19.9 Å². The number of benzene rings is 2. The van der Waals surface area contributed by atoms with Gasteiger partial charge in [-0.05, 0) is 55.9 Å². The van der Waals surface area contributed by atoms with Crippen LogP contribution in [0.15, 0.2) is 59.8 Å². The van der Waals surface area contributed by atoms with Crippen molar-refractivity contribution < 1.29 is 13.9 Å². The van der Waals surface area contributed by atoms with Gasteiger partial charge < -0.3 is 20.3 Å². The van der Waals surface area contributed by atoms with Crippen molar-refractivity contribution in [1.82, 2.24) is 10.2 Å². The fourth-order valence-electron chi connectivity index (χ4n) is 3.33. The lowest BCUT2D eigenvalue weighted by Gasteiger charge is -2.37. The molecule has 2 N–H and O–H groups in total. The van der Waals surface area contributed by atoms with E-state index in [-0.39, 0.29) is 11.7 Å². The molecular weight excluding hydrogens is 377 g/mol. The average molecular weight is 399 g/mol. The Morgan fingerprint density at radius 2 is 2.04 bits per heavy atom. The summed E-state index contributed by atoms with van der Waals surface area (Å²) in [6.45, 7) is 4.41. The molecule has 28 heavy (non-hydrogen) atoms. The number of nitrogens with one attached hydrogen (secondary N) is 2. The van der Waals surface area contributed by atoms with Crippen LogP contribution in [0.3, 0.4) is 0 Å². The lowest BCUT2D eigenvalue weighted by atomic mass is 9.94. The number of allylic oxidation sites excluding steroid dienone is 1. The number of hydrogen-bond donors (Lipinski definition) is 2. The molecule has 3 rings (SSSR count). The van der Waals surface area contributed by atoms with E-state index in [1.54, 1.807) is 31.4 Å². The highest BCUT2D eigenvalue weighted by Gasteiger charge is 2.33. The van der Waals surface area contributed by atoms with Gasteiger partial charge in [0.1, 0.15) is 11.6 Å². The Balaban J connectivity index is 2.04. The van der Waals surface area contributed by atoms with Crippen molar-refractivity contribution in [3.05, 3.63) is 71.2 Å². The van der Waals surface area contributed by atoms with Crippen molar-refractivity contribution in [2.75, 3.05) is 19.0 Å². The minimum absolute atomic E-state index is 0.301. The number of methoxy groups -OCH3 is 1. The van der Waals surface area contributed by atoms with Gasteiger partial charge in [0.25, 0.3) is 5.91 Å². The van der Waals surface area contributed by atoms with E-state index in [9.17, 15) is 9.18 Å². The van der Waals surface area contributed by atoms with Crippen molar-refractivity contribution in [1.29, 1.82) is 0 Å². The zero-order chi connectivity index (χ0) is 20.3. The van der Waals surface area contributed by atoms with Gasteiger partial charge >= 0.3 is 0 Å². The lowest BCUT2D eigenvalue weighted by molar-refractivity contribution is -0.113. The summed E-state index contributed by atoms with van der Waals surface area (Å²) in [5.41, 5.74) is 2.40. The number of ether oxygens (including phenoxy) is 1. The Morgan fingerprint density at radius 1 is 1.29 bits per heavy atom. The zero-order valence-electron chi connectivity index (χ0n) is 16.0. The molecule has 1 heterocycles. The summed E-state index contributed by atoms with van der Waals surface area (Å²) in [4.78, 5) is 15.1. The number of para-hydroxylation sites is 2. The van der Waals surface area contributed by atoms with Crippen molar-refractivity contribution in [3.8, 4) is 5.75 Å². The predicted octanol–water partition coefficient (Wildman–Crippen LogP) is 4.00. The normalized spacial score (nSPS) is 16.6. The number of carbonyl (C=O) groups is 1. The Bertz CT molecular complexity index is 945. The highest BCUT2D eigenvalue weighted by atomic mass is 32.1. The van der Waals surface area contributed by atoms with Gasteiger partial charge in [-0.2, -0.15) is 0 Å². The second-order valence-electron chi connectivity index (χ2n) is 6.34. The number of nitrogens with zero attached hydrogens (tertiary/aromatic N) is 1. The van der Waals surface area contributed by atoms with Crippen LogP contribution in [0.25, 0.3) is 0 Å². The summed E-state index contributed by atoms with van der Waals surface area (Å²) < 4.78 is 19.1. The quantitative estimate of drug-likeness (QED) is 0.745. The van der Waals surface area contributed by atoms with Crippen LogP contribution in [0, 0.1) is 5.82 Å². The molecule has 1 amide bonds. The van der Waals surface area contributed by atoms with Crippen LogP contribution in [0.2, 0.25) is 0 Å². The molecule has 2 aromatic rings. The molecule has 5 nitrogen and oxygen atoms in total. The monoisotopic (exact) mass is 399 g/mol. The molecule has 1 aliphatic heterocycles. The molecule has 2 aromatic carbocycles. The van der Waals surface area contributed by atoms with E-state index in [2.05, 4.69) is 10.6 Å². The second kappa shape index (κ2) is 8.39. The van der Waals surface area contributed by atoms with Crippen molar-refractivity contribution >= 4 is 28.9 Å². The first-order valence-electron chi connectivity index (χ1n) is 8.94. The van der Waals surface area contributed by atoms with E-state index in [0.717, 1.165) is 5.70 Å². The highest BCUT2D eigenvalue weighted by molar-refractivity contribution is 7.80. The van der Waals surface area contributed by atoms with Gasteiger partial charge in [0.2, 0.25) is 0 Å². The number of thiocarbonyl (C=S) groups is 1. The van der Waals surface area contributed by atoms with Crippen LogP contribution in [0.5, 0.6) is 5.75 Å². The molecule has 0 radical (unpaired) electrons. The first-order valence-corrected chi connectivity index (χ1v) is 9.35.